The van der Waals surface area contributed by atoms with Crippen LogP contribution in [0.25, 0.3) is 22.9 Å². The average molecular weight is 349 g/mol. The summed E-state index contributed by atoms with van der Waals surface area (Å²) in [6, 6.07) is 15.2. The quantitative estimate of drug-likeness (QED) is 0.737. The highest BCUT2D eigenvalue weighted by Crippen LogP contribution is 2.26. The standard InChI is InChI=1S/C21H23N3O2/c1-13(2)15(4)22-19(25)16-9-11-17(12-10-16)20-23-24-21(26-20)18-8-6-5-7-14(18)3/h5-13,15H,1-4H3,(H,22,25). The SMILES string of the molecule is Cc1ccccc1-c1nnc(-c2ccc(C(=O)NC(C)C(C)C)cc2)o1. The van der Waals surface area contributed by atoms with Gasteiger partial charge in [0.1, 0.15) is 0 Å². The molecular formula is C21H23N3O2. The first-order chi connectivity index (χ1) is 12.5. The van der Waals surface area contributed by atoms with Gasteiger partial charge in [0, 0.05) is 22.7 Å². The highest BCUT2D eigenvalue weighted by atomic mass is 16.4. The van der Waals surface area contributed by atoms with Crippen molar-refractivity contribution in [3.05, 3.63) is 59.7 Å². The zero-order valence-corrected chi connectivity index (χ0v) is 15.5. The van der Waals surface area contributed by atoms with Crippen molar-refractivity contribution in [2.75, 3.05) is 0 Å². The number of hydrogen-bond acceptors (Lipinski definition) is 4. The molecule has 0 aliphatic heterocycles. The van der Waals surface area contributed by atoms with Crippen molar-refractivity contribution in [1.82, 2.24) is 15.5 Å². The molecule has 1 unspecified atom stereocenters. The molecule has 0 saturated heterocycles. The van der Waals surface area contributed by atoms with Gasteiger partial charge in [0.2, 0.25) is 11.8 Å². The Morgan fingerprint density at radius 1 is 0.962 bits per heavy atom. The van der Waals surface area contributed by atoms with E-state index in [1.807, 2.05) is 50.2 Å². The number of benzene rings is 2. The third kappa shape index (κ3) is 3.82. The fourth-order valence-corrected chi connectivity index (χ4v) is 2.48. The zero-order chi connectivity index (χ0) is 18.7. The van der Waals surface area contributed by atoms with E-state index in [0.717, 1.165) is 16.7 Å². The monoisotopic (exact) mass is 349 g/mol. The molecule has 0 bridgehead atoms. The summed E-state index contributed by atoms with van der Waals surface area (Å²) in [6.45, 7) is 8.17. The lowest BCUT2D eigenvalue weighted by atomic mass is 10.1. The zero-order valence-electron chi connectivity index (χ0n) is 15.5. The molecule has 0 spiro atoms. The number of carbonyl (C=O) groups excluding carboxylic acids is 1. The van der Waals surface area contributed by atoms with E-state index in [9.17, 15) is 4.79 Å². The first-order valence-corrected chi connectivity index (χ1v) is 8.76. The molecule has 0 radical (unpaired) electrons. The molecule has 0 saturated carbocycles. The van der Waals surface area contributed by atoms with Crippen LogP contribution in [0.5, 0.6) is 0 Å². The molecule has 1 N–H and O–H groups in total. The van der Waals surface area contributed by atoms with E-state index < -0.39 is 0 Å². The highest BCUT2D eigenvalue weighted by molar-refractivity contribution is 5.94. The lowest BCUT2D eigenvalue weighted by Crippen LogP contribution is -2.36. The van der Waals surface area contributed by atoms with Crippen LogP contribution < -0.4 is 5.32 Å². The lowest BCUT2D eigenvalue weighted by Gasteiger charge is -2.17. The van der Waals surface area contributed by atoms with Crippen LogP contribution in [0.1, 0.15) is 36.7 Å². The van der Waals surface area contributed by atoms with Gasteiger partial charge in [-0.25, -0.2) is 0 Å². The third-order valence-corrected chi connectivity index (χ3v) is 4.55. The van der Waals surface area contributed by atoms with Crippen LogP contribution in [0.15, 0.2) is 52.9 Å². The molecule has 1 amide bonds. The Bertz CT molecular complexity index is 898. The number of nitrogens with zero attached hydrogens (tertiary/aromatic N) is 2. The van der Waals surface area contributed by atoms with E-state index >= 15 is 0 Å². The van der Waals surface area contributed by atoms with E-state index in [-0.39, 0.29) is 11.9 Å². The topological polar surface area (TPSA) is 68.0 Å². The summed E-state index contributed by atoms with van der Waals surface area (Å²) in [5.41, 5.74) is 3.39. The second-order valence-electron chi connectivity index (χ2n) is 6.81. The van der Waals surface area contributed by atoms with Gasteiger partial charge in [0.05, 0.1) is 0 Å². The van der Waals surface area contributed by atoms with Gasteiger partial charge in [-0.05, 0) is 55.7 Å². The fourth-order valence-electron chi connectivity index (χ4n) is 2.48. The Balaban J connectivity index is 1.77. The van der Waals surface area contributed by atoms with Crippen LogP contribution in [-0.4, -0.2) is 22.1 Å². The van der Waals surface area contributed by atoms with Crippen molar-refractivity contribution >= 4 is 5.91 Å². The summed E-state index contributed by atoms with van der Waals surface area (Å²) in [5.74, 6) is 1.23. The van der Waals surface area contributed by atoms with Crippen molar-refractivity contribution < 1.29 is 9.21 Å². The van der Waals surface area contributed by atoms with Crippen LogP contribution in [0.4, 0.5) is 0 Å². The fraction of sp³-hybridized carbons (Fsp3) is 0.286. The second-order valence-corrected chi connectivity index (χ2v) is 6.81. The summed E-state index contributed by atoms with van der Waals surface area (Å²) in [5, 5.41) is 11.3. The molecule has 5 nitrogen and oxygen atoms in total. The molecule has 1 heterocycles. The Labute approximate surface area is 153 Å². The van der Waals surface area contributed by atoms with Gasteiger partial charge in [-0.1, -0.05) is 32.0 Å². The van der Waals surface area contributed by atoms with Crippen molar-refractivity contribution in [2.45, 2.75) is 33.7 Å². The summed E-state index contributed by atoms with van der Waals surface area (Å²) in [7, 11) is 0. The number of hydrogen-bond donors (Lipinski definition) is 1. The third-order valence-electron chi connectivity index (χ3n) is 4.55. The summed E-state index contributed by atoms with van der Waals surface area (Å²) in [6.07, 6.45) is 0. The Morgan fingerprint density at radius 2 is 1.62 bits per heavy atom. The minimum atomic E-state index is -0.0797. The molecule has 1 atom stereocenters. The number of rotatable bonds is 5. The van der Waals surface area contributed by atoms with Crippen molar-refractivity contribution in [3.8, 4) is 22.9 Å². The maximum Gasteiger partial charge on any atom is 0.251 e. The van der Waals surface area contributed by atoms with Crippen LogP contribution >= 0.6 is 0 Å². The maximum atomic E-state index is 12.3. The molecule has 0 fully saturated rings. The molecule has 2 aromatic carbocycles. The van der Waals surface area contributed by atoms with Crippen molar-refractivity contribution in [2.24, 2.45) is 5.92 Å². The number of aryl methyl sites for hydroxylation is 1. The smallest absolute Gasteiger partial charge is 0.251 e. The van der Waals surface area contributed by atoms with E-state index in [1.54, 1.807) is 12.1 Å². The van der Waals surface area contributed by atoms with E-state index in [0.29, 0.717) is 23.3 Å². The van der Waals surface area contributed by atoms with Gasteiger partial charge < -0.3 is 9.73 Å². The molecule has 134 valence electrons. The van der Waals surface area contributed by atoms with Gasteiger partial charge in [0.15, 0.2) is 0 Å². The van der Waals surface area contributed by atoms with Gasteiger partial charge in [-0.3, -0.25) is 4.79 Å². The first-order valence-electron chi connectivity index (χ1n) is 8.76. The number of aromatic nitrogens is 2. The number of nitrogens with one attached hydrogen (secondary N) is 1. The predicted octanol–water partition coefficient (Wildman–Crippen LogP) is 4.49. The highest BCUT2D eigenvalue weighted by Gasteiger charge is 2.15. The van der Waals surface area contributed by atoms with Crippen molar-refractivity contribution in [1.29, 1.82) is 0 Å². The molecule has 3 aromatic rings. The summed E-state index contributed by atoms with van der Waals surface area (Å²) >= 11 is 0. The molecule has 1 aromatic heterocycles. The summed E-state index contributed by atoms with van der Waals surface area (Å²) < 4.78 is 5.81. The van der Waals surface area contributed by atoms with E-state index in [1.165, 1.54) is 0 Å². The average Bonchev–Trinajstić information content (AvgIpc) is 3.12. The molecule has 5 heteroatoms. The molecule has 0 aliphatic rings. The minimum absolute atomic E-state index is 0.0797. The Hall–Kier alpha value is -2.95. The van der Waals surface area contributed by atoms with E-state index in [2.05, 4.69) is 29.4 Å². The van der Waals surface area contributed by atoms with Gasteiger partial charge in [0.25, 0.3) is 5.91 Å². The molecule has 3 rings (SSSR count). The minimum Gasteiger partial charge on any atom is -0.416 e. The maximum absolute atomic E-state index is 12.3. The summed E-state index contributed by atoms with van der Waals surface area (Å²) in [4.78, 5) is 12.3. The number of carbonyl (C=O) groups is 1. The molecular weight excluding hydrogens is 326 g/mol. The molecule has 26 heavy (non-hydrogen) atoms. The van der Waals surface area contributed by atoms with Gasteiger partial charge in [-0.2, -0.15) is 0 Å². The van der Waals surface area contributed by atoms with Crippen LogP contribution in [0, 0.1) is 12.8 Å². The largest absolute Gasteiger partial charge is 0.416 e. The Kier molecular flexibility index (Phi) is 5.16. The van der Waals surface area contributed by atoms with Crippen LogP contribution in [-0.2, 0) is 0 Å². The lowest BCUT2D eigenvalue weighted by molar-refractivity contribution is 0.0930. The molecule has 0 aliphatic carbocycles. The Morgan fingerprint density at radius 3 is 2.27 bits per heavy atom. The van der Waals surface area contributed by atoms with Gasteiger partial charge >= 0.3 is 0 Å². The normalized spacial score (nSPS) is 12.2. The van der Waals surface area contributed by atoms with Crippen LogP contribution in [0.3, 0.4) is 0 Å². The predicted molar refractivity (Wildman–Crippen MR) is 102 cm³/mol. The second kappa shape index (κ2) is 7.52. The van der Waals surface area contributed by atoms with Gasteiger partial charge in [-0.15, -0.1) is 10.2 Å². The first kappa shape index (κ1) is 17.9. The van der Waals surface area contributed by atoms with Crippen molar-refractivity contribution in [3.63, 3.8) is 0 Å². The van der Waals surface area contributed by atoms with Crippen LogP contribution in [0.2, 0.25) is 0 Å². The van der Waals surface area contributed by atoms with E-state index in [4.69, 9.17) is 4.42 Å². The number of amides is 1.